The molecule has 2 rings (SSSR count). The van der Waals surface area contributed by atoms with Crippen LogP contribution >= 0.6 is 0 Å². The molecule has 1 amide bonds. The van der Waals surface area contributed by atoms with E-state index in [9.17, 15) is 14.4 Å². The molecule has 11 nitrogen and oxygen atoms in total. The van der Waals surface area contributed by atoms with Gasteiger partial charge in [0, 0.05) is 0 Å². The fourth-order valence-corrected chi connectivity index (χ4v) is 1.46. The van der Waals surface area contributed by atoms with Crippen LogP contribution in [0.25, 0.3) is 11.2 Å². The molecule has 1 atom stereocenters. The van der Waals surface area contributed by atoms with Crippen molar-refractivity contribution in [1.82, 2.24) is 25.3 Å². The molecule has 0 aromatic carbocycles. The molecule has 0 aliphatic rings. The maximum atomic E-state index is 11.8. The van der Waals surface area contributed by atoms with Gasteiger partial charge in [0.15, 0.2) is 17.2 Å². The number of carboxylic acids is 1. The maximum Gasteiger partial charge on any atom is 0.328 e. The Morgan fingerprint density at radius 3 is 2.76 bits per heavy atom. The summed E-state index contributed by atoms with van der Waals surface area (Å²) >= 11 is 0. The molecule has 21 heavy (non-hydrogen) atoms. The van der Waals surface area contributed by atoms with Gasteiger partial charge in [0.25, 0.3) is 11.5 Å². The van der Waals surface area contributed by atoms with Crippen LogP contribution in [0.15, 0.2) is 11.0 Å². The third-order valence-corrected chi connectivity index (χ3v) is 2.46. The van der Waals surface area contributed by atoms with Crippen LogP contribution < -0.4 is 16.6 Å². The number of aliphatic hydroxyl groups excluding tert-OH is 1. The van der Waals surface area contributed by atoms with Crippen molar-refractivity contribution >= 4 is 29.0 Å². The van der Waals surface area contributed by atoms with E-state index in [0.717, 1.165) is 6.20 Å². The molecule has 0 spiro atoms. The molecule has 110 valence electrons. The van der Waals surface area contributed by atoms with Crippen molar-refractivity contribution < 1.29 is 19.8 Å². The number of aromatic nitrogens is 4. The number of aromatic amines is 1. The fourth-order valence-electron chi connectivity index (χ4n) is 1.46. The van der Waals surface area contributed by atoms with Gasteiger partial charge < -0.3 is 21.3 Å². The first-order valence-electron chi connectivity index (χ1n) is 5.59. The van der Waals surface area contributed by atoms with Crippen LogP contribution in [0, 0.1) is 0 Å². The Morgan fingerprint density at radius 1 is 1.43 bits per heavy atom. The van der Waals surface area contributed by atoms with Crippen molar-refractivity contribution in [2.45, 2.75) is 6.04 Å². The van der Waals surface area contributed by atoms with Crippen LogP contribution in [0.2, 0.25) is 0 Å². The largest absolute Gasteiger partial charge is 0.480 e. The SMILES string of the molecule is Nc1nc2nc(C(=O)N[C@H](CO)C(=O)O)cnc2c(=O)[nH]1. The summed E-state index contributed by atoms with van der Waals surface area (Å²) in [6, 6.07) is -1.48. The summed E-state index contributed by atoms with van der Waals surface area (Å²) in [5, 5.41) is 19.6. The molecular weight excluding hydrogens is 284 g/mol. The van der Waals surface area contributed by atoms with Gasteiger partial charge in [-0.2, -0.15) is 4.98 Å². The number of hydrogen-bond acceptors (Lipinski definition) is 8. The second-order valence-electron chi connectivity index (χ2n) is 3.93. The summed E-state index contributed by atoms with van der Waals surface area (Å²) in [6.07, 6.45) is 0.987. The quantitative estimate of drug-likeness (QED) is 0.405. The van der Waals surface area contributed by atoms with E-state index >= 15 is 0 Å². The highest BCUT2D eigenvalue weighted by Gasteiger charge is 2.21. The number of nitrogen functional groups attached to an aromatic ring is 1. The number of carbonyl (C=O) groups is 2. The first-order chi connectivity index (χ1) is 9.92. The van der Waals surface area contributed by atoms with Gasteiger partial charge in [-0.1, -0.05) is 0 Å². The van der Waals surface area contributed by atoms with Gasteiger partial charge in [-0.3, -0.25) is 14.6 Å². The number of H-pyrrole nitrogens is 1. The van der Waals surface area contributed by atoms with Gasteiger partial charge in [-0.15, -0.1) is 0 Å². The summed E-state index contributed by atoms with van der Waals surface area (Å²) in [4.78, 5) is 47.5. The zero-order chi connectivity index (χ0) is 15.6. The minimum atomic E-state index is -1.48. The number of rotatable bonds is 4. The summed E-state index contributed by atoms with van der Waals surface area (Å²) in [7, 11) is 0. The molecule has 2 heterocycles. The third kappa shape index (κ3) is 2.92. The highest BCUT2D eigenvalue weighted by molar-refractivity contribution is 5.95. The number of nitrogens with two attached hydrogens (primary N) is 1. The normalized spacial score (nSPS) is 12.0. The molecule has 2 aromatic rings. The van der Waals surface area contributed by atoms with E-state index in [1.165, 1.54) is 0 Å². The smallest absolute Gasteiger partial charge is 0.328 e. The molecule has 0 bridgehead atoms. The fraction of sp³-hybridized carbons (Fsp3) is 0.200. The van der Waals surface area contributed by atoms with Gasteiger partial charge in [0.05, 0.1) is 12.8 Å². The van der Waals surface area contributed by atoms with Crippen LogP contribution in [0.3, 0.4) is 0 Å². The van der Waals surface area contributed by atoms with Crippen molar-refractivity contribution in [2.75, 3.05) is 12.3 Å². The average molecular weight is 294 g/mol. The van der Waals surface area contributed by atoms with Crippen LogP contribution in [0.5, 0.6) is 0 Å². The van der Waals surface area contributed by atoms with E-state index in [-0.39, 0.29) is 22.8 Å². The Morgan fingerprint density at radius 2 is 2.14 bits per heavy atom. The first kappa shape index (κ1) is 14.3. The number of aliphatic carboxylic acids is 1. The number of anilines is 1. The highest BCUT2D eigenvalue weighted by atomic mass is 16.4. The van der Waals surface area contributed by atoms with Crippen molar-refractivity contribution in [1.29, 1.82) is 0 Å². The van der Waals surface area contributed by atoms with Crippen molar-refractivity contribution in [2.24, 2.45) is 0 Å². The summed E-state index contributed by atoms with van der Waals surface area (Å²) in [5.41, 5.74) is 4.20. The third-order valence-electron chi connectivity index (χ3n) is 2.46. The van der Waals surface area contributed by atoms with Crippen molar-refractivity contribution in [3.63, 3.8) is 0 Å². The van der Waals surface area contributed by atoms with E-state index in [1.807, 2.05) is 5.32 Å². The topological polar surface area (TPSA) is 184 Å². The summed E-state index contributed by atoms with van der Waals surface area (Å²) in [6.45, 7) is -0.785. The number of nitrogens with one attached hydrogen (secondary N) is 2. The first-order valence-corrected chi connectivity index (χ1v) is 5.59. The van der Waals surface area contributed by atoms with Gasteiger partial charge >= 0.3 is 5.97 Å². The monoisotopic (exact) mass is 294 g/mol. The molecule has 0 aliphatic carbocycles. The molecule has 6 N–H and O–H groups in total. The zero-order valence-corrected chi connectivity index (χ0v) is 10.4. The number of carboxylic acid groups (broad SMARTS) is 1. The lowest BCUT2D eigenvalue weighted by Crippen LogP contribution is -2.43. The van der Waals surface area contributed by atoms with Gasteiger partial charge in [0.2, 0.25) is 5.95 Å². The Bertz CT molecular complexity index is 772. The van der Waals surface area contributed by atoms with Crippen molar-refractivity contribution in [3.8, 4) is 0 Å². The van der Waals surface area contributed by atoms with Crippen LogP contribution in [-0.2, 0) is 4.79 Å². The number of hydrogen-bond donors (Lipinski definition) is 5. The van der Waals surface area contributed by atoms with Crippen molar-refractivity contribution in [3.05, 3.63) is 22.2 Å². The second kappa shape index (κ2) is 5.50. The number of aliphatic hydroxyl groups is 1. The summed E-state index contributed by atoms with van der Waals surface area (Å²) in [5.74, 6) is -2.48. The van der Waals surface area contributed by atoms with Crippen LogP contribution in [-0.4, -0.2) is 54.7 Å². The maximum absolute atomic E-state index is 11.8. The minimum Gasteiger partial charge on any atom is -0.480 e. The van der Waals surface area contributed by atoms with Crippen LogP contribution in [0.1, 0.15) is 10.5 Å². The molecule has 0 unspecified atom stereocenters. The lowest BCUT2D eigenvalue weighted by molar-refractivity contribution is -0.140. The lowest BCUT2D eigenvalue weighted by atomic mass is 10.3. The number of fused-ring (bicyclic) bond motifs is 1. The highest BCUT2D eigenvalue weighted by Crippen LogP contribution is 2.03. The van der Waals surface area contributed by atoms with Crippen LogP contribution in [0.4, 0.5) is 5.95 Å². The molecule has 0 saturated heterocycles. The second-order valence-corrected chi connectivity index (χ2v) is 3.93. The molecule has 0 aliphatic heterocycles. The number of carbonyl (C=O) groups excluding carboxylic acids is 1. The van der Waals surface area contributed by atoms with Gasteiger partial charge in [-0.05, 0) is 0 Å². The van der Waals surface area contributed by atoms with Gasteiger partial charge in [-0.25, -0.2) is 14.8 Å². The number of amides is 1. The lowest BCUT2D eigenvalue weighted by Gasteiger charge is -2.10. The van der Waals surface area contributed by atoms with Gasteiger partial charge in [0.1, 0.15) is 5.69 Å². The Hall–Kier alpha value is -3.08. The molecule has 0 saturated carbocycles. The zero-order valence-electron chi connectivity index (χ0n) is 10.4. The Labute approximate surface area is 115 Å². The van der Waals surface area contributed by atoms with E-state index < -0.39 is 30.1 Å². The van der Waals surface area contributed by atoms with E-state index in [1.54, 1.807) is 0 Å². The van der Waals surface area contributed by atoms with E-state index in [0.29, 0.717) is 0 Å². The molecule has 0 fully saturated rings. The molecule has 0 radical (unpaired) electrons. The number of nitrogens with zero attached hydrogens (tertiary/aromatic N) is 3. The molecule has 11 heteroatoms. The molecular formula is C10H10N6O5. The Kier molecular flexibility index (Phi) is 3.75. The predicted octanol–water partition coefficient (Wildman–Crippen LogP) is -2.53. The Balaban J connectivity index is 2.36. The van der Waals surface area contributed by atoms with E-state index in [4.69, 9.17) is 15.9 Å². The standard InChI is InChI=1S/C10H10N6O5/c11-10-15-6-5(8(19)16-10)12-1-3(13-6)7(18)14-4(2-17)9(20)21/h1,4,17H,2H2,(H,14,18)(H,20,21)(H3,11,13,15,16,19)/t4-/m1/s1. The predicted molar refractivity (Wildman–Crippen MR) is 68.3 cm³/mol. The minimum absolute atomic E-state index is 0.113. The molecule has 2 aromatic heterocycles. The summed E-state index contributed by atoms with van der Waals surface area (Å²) < 4.78 is 0. The van der Waals surface area contributed by atoms with E-state index in [2.05, 4.69) is 19.9 Å². The average Bonchev–Trinajstić information content (AvgIpc) is 2.43.